The fourth-order valence-electron chi connectivity index (χ4n) is 2.85. The predicted octanol–water partition coefficient (Wildman–Crippen LogP) is 3.55. The van der Waals surface area contributed by atoms with E-state index < -0.39 is 0 Å². The Hall–Kier alpha value is -0.520. The van der Waals surface area contributed by atoms with Gasteiger partial charge in [-0.05, 0) is 43.4 Å². The van der Waals surface area contributed by atoms with E-state index >= 15 is 0 Å². The van der Waals surface area contributed by atoms with Crippen LogP contribution in [0.15, 0.2) is 24.3 Å². The third-order valence-electron chi connectivity index (χ3n) is 3.93. The summed E-state index contributed by atoms with van der Waals surface area (Å²) in [5.74, 6) is 1.64. The van der Waals surface area contributed by atoms with Crippen LogP contribution < -0.4 is 0 Å². The van der Waals surface area contributed by atoms with Crippen molar-refractivity contribution in [3.05, 3.63) is 24.3 Å². The fraction of sp³-hybridized carbons (Fsp3) is 0.667. The van der Waals surface area contributed by atoms with Crippen LogP contribution in [0.1, 0.15) is 33.1 Å². The molecule has 1 fully saturated rings. The molecular weight excluding hydrogens is 144 g/mol. The molecule has 0 heterocycles. The minimum atomic E-state index is 0.405. The Morgan fingerprint density at radius 3 is 2.75 bits per heavy atom. The van der Waals surface area contributed by atoms with Gasteiger partial charge < -0.3 is 0 Å². The van der Waals surface area contributed by atoms with Gasteiger partial charge in [-0.1, -0.05) is 24.6 Å². The molecule has 3 aliphatic carbocycles. The van der Waals surface area contributed by atoms with Crippen LogP contribution in [0, 0.1) is 17.3 Å². The number of allylic oxidation sites excluding steroid dienone is 3. The zero-order chi connectivity index (χ0) is 8.77. The minimum absolute atomic E-state index is 0.405. The molecule has 0 saturated heterocycles. The molecule has 1 saturated carbocycles. The van der Waals surface area contributed by atoms with E-state index in [0.29, 0.717) is 5.41 Å². The SMILES string of the molecule is C=CC1(C)CC2CCC1C=C2C. The maximum atomic E-state index is 3.97. The van der Waals surface area contributed by atoms with Gasteiger partial charge in [0.2, 0.25) is 0 Å². The Balaban J connectivity index is 2.34. The van der Waals surface area contributed by atoms with Gasteiger partial charge in [0, 0.05) is 0 Å². The molecule has 0 nitrogen and oxygen atoms in total. The van der Waals surface area contributed by atoms with Crippen molar-refractivity contribution < 1.29 is 0 Å². The smallest absolute Gasteiger partial charge is 0.00807 e. The third kappa shape index (κ3) is 0.972. The van der Waals surface area contributed by atoms with E-state index in [9.17, 15) is 0 Å². The zero-order valence-corrected chi connectivity index (χ0v) is 8.14. The molecule has 0 heteroatoms. The second-order valence-corrected chi connectivity index (χ2v) is 4.71. The fourth-order valence-corrected chi connectivity index (χ4v) is 2.85. The quantitative estimate of drug-likeness (QED) is 0.517. The second kappa shape index (κ2) is 2.48. The van der Waals surface area contributed by atoms with Crippen molar-refractivity contribution in [3.63, 3.8) is 0 Å². The maximum Gasteiger partial charge on any atom is -0.00807 e. The molecule has 0 aromatic carbocycles. The summed E-state index contributed by atoms with van der Waals surface area (Å²) < 4.78 is 0. The van der Waals surface area contributed by atoms with Gasteiger partial charge in [-0.15, -0.1) is 6.58 Å². The van der Waals surface area contributed by atoms with Gasteiger partial charge in [0.25, 0.3) is 0 Å². The van der Waals surface area contributed by atoms with Crippen molar-refractivity contribution in [3.8, 4) is 0 Å². The number of hydrogen-bond acceptors (Lipinski definition) is 0. The summed E-state index contributed by atoms with van der Waals surface area (Å²) in [5.41, 5.74) is 2.04. The topological polar surface area (TPSA) is 0 Å². The minimum Gasteiger partial charge on any atom is -0.103 e. The normalized spacial score (nSPS) is 45.7. The molecule has 0 aromatic heterocycles. The number of rotatable bonds is 1. The highest BCUT2D eigenvalue weighted by molar-refractivity contribution is 5.21. The standard InChI is InChI=1S/C12H18/c1-4-12(3)8-10-5-6-11(12)7-9(10)2/h4,7,10-11H,1,5-6,8H2,2-3H3. The van der Waals surface area contributed by atoms with Crippen molar-refractivity contribution in [2.45, 2.75) is 33.1 Å². The first kappa shape index (κ1) is 8.10. The highest BCUT2D eigenvalue weighted by Gasteiger charge is 2.41. The van der Waals surface area contributed by atoms with Gasteiger partial charge in [0.05, 0.1) is 0 Å². The van der Waals surface area contributed by atoms with Crippen LogP contribution >= 0.6 is 0 Å². The summed E-state index contributed by atoms with van der Waals surface area (Å²) in [6.45, 7) is 8.62. The molecule has 3 rings (SSSR count). The Bertz CT molecular complexity index is 236. The largest absolute Gasteiger partial charge is 0.103 e. The van der Waals surface area contributed by atoms with Gasteiger partial charge in [-0.25, -0.2) is 0 Å². The van der Waals surface area contributed by atoms with E-state index in [1.807, 2.05) is 0 Å². The molecule has 0 N–H and O–H groups in total. The summed E-state index contributed by atoms with van der Waals surface area (Å²) in [6, 6.07) is 0. The van der Waals surface area contributed by atoms with Gasteiger partial charge in [0.15, 0.2) is 0 Å². The second-order valence-electron chi connectivity index (χ2n) is 4.71. The Kier molecular flexibility index (Phi) is 1.67. The molecule has 0 aliphatic heterocycles. The lowest BCUT2D eigenvalue weighted by Crippen LogP contribution is -2.36. The van der Waals surface area contributed by atoms with Crippen LogP contribution in [0.4, 0.5) is 0 Å². The molecule has 0 radical (unpaired) electrons. The van der Waals surface area contributed by atoms with Gasteiger partial charge in [-0.2, -0.15) is 0 Å². The number of hydrogen-bond donors (Lipinski definition) is 0. The summed E-state index contributed by atoms with van der Waals surface area (Å²) in [5, 5.41) is 0. The third-order valence-corrected chi connectivity index (χ3v) is 3.93. The first-order chi connectivity index (χ1) is 5.65. The molecule has 2 bridgehead atoms. The molecule has 0 amide bonds. The first-order valence-electron chi connectivity index (χ1n) is 4.97. The summed E-state index contributed by atoms with van der Waals surface area (Å²) in [6.07, 6.45) is 8.79. The molecule has 12 heavy (non-hydrogen) atoms. The Labute approximate surface area is 75.4 Å². The predicted molar refractivity (Wildman–Crippen MR) is 52.9 cm³/mol. The van der Waals surface area contributed by atoms with Crippen molar-refractivity contribution in [1.82, 2.24) is 0 Å². The lowest BCUT2D eigenvalue weighted by molar-refractivity contribution is 0.152. The van der Waals surface area contributed by atoms with Crippen molar-refractivity contribution in [2.24, 2.45) is 17.3 Å². The molecule has 3 atom stereocenters. The first-order valence-corrected chi connectivity index (χ1v) is 4.97. The maximum absolute atomic E-state index is 3.97. The van der Waals surface area contributed by atoms with Crippen LogP contribution in [0.3, 0.4) is 0 Å². The summed E-state index contributed by atoms with van der Waals surface area (Å²) >= 11 is 0. The van der Waals surface area contributed by atoms with Crippen LogP contribution in [0.2, 0.25) is 0 Å². The molecule has 3 unspecified atom stereocenters. The van der Waals surface area contributed by atoms with Gasteiger partial charge in [0.1, 0.15) is 0 Å². The molecule has 66 valence electrons. The van der Waals surface area contributed by atoms with Crippen LogP contribution in [0.25, 0.3) is 0 Å². The monoisotopic (exact) mass is 162 g/mol. The van der Waals surface area contributed by atoms with Crippen molar-refractivity contribution >= 4 is 0 Å². The average molecular weight is 162 g/mol. The summed E-state index contributed by atoms with van der Waals surface area (Å²) in [7, 11) is 0. The van der Waals surface area contributed by atoms with E-state index in [4.69, 9.17) is 0 Å². The molecule has 0 aromatic rings. The highest BCUT2D eigenvalue weighted by Crippen LogP contribution is 2.51. The van der Waals surface area contributed by atoms with Crippen LogP contribution in [0.5, 0.6) is 0 Å². The van der Waals surface area contributed by atoms with E-state index in [2.05, 4.69) is 32.6 Å². The van der Waals surface area contributed by atoms with Crippen LogP contribution in [-0.4, -0.2) is 0 Å². The molecule has 3 aliphatic rings. The number of fused-ring (bicyclic) bond motifs is 2. The molecule has 0 spiro atoms. The average Bonchev–Trinajstić information content (AvgIpc) is 2.08. The van der Waals surface area contributed by atoms with E-state index in [0.717, 1.165) is 11.8 Å². The van der Waals surface area contributed by atoms with Crippen molar-refractivity contribution in [1.29, 1.82) is 0 Å². The zero-order valence-electron chi connectivity index (χ0n) is 8.14. The lowest BCUT2D eigenvalue weighted by atomic mass is 9.58. The molecular formula is C12H18. The van der Waals surface area contributed by atoms with E-state index in [1.165, 1.54) is 19.3 Å². The van der Waals surface area contributed by atoms with Crippen molar-refractivity contribution in [2.75, 3.05) is 0 Å². The Morgan fingerprint density at radius 2 is 2.33 bits per heavy atom. The Morgan fingerprint density at radius 1 is 1.58 bits per heavy atom. The summed E-state index contributed by atoms with van der Waals surface area (Å²) in [4.78, 5) is 0. The van der Waals surface area contributed by atoms with Crippen LogP contribution in [-0.2, 0) is 0 Å². The lowest BCUT2D eigenvalue weighted by Gasteiger charge is -2.47. The highest BCUT2D eigenvalue weighted by atomic mass is 14.5. The van der Waals surface area contributed by atoms with E-state index in [1.54, 1.807) is 5.57 Å². The van der Waals surface area contributed by atoms with Gasteiger partial charge in [-0.3, -0.25) is 0 Å². The van der Waals surface area contributed by atoms with Gasteiger partial charge >= 0.3 is 0 Å². The van der Waals surface area contributed by atoms with E-state index in [-0.39, 0.29) is 0 Å².